The van der Waals surface area contributed by atoms with Gasteiger partial charge in [0.2, 0.25) is 11.8 Å². The quantitative estimate of drug-likeness (QED) is 0.594. The predicted molar refractivity (Wildman–Crippen MR) is 117 cm³/mol. The van der Waals surface area contributed by atoms with Crippen molar-refractivity contribution < 1.29 is 9.21 Å². The highest BCUT2D eigenvalue weighted by atomic mass is 16.3. The molecule has 3 aromatic rings. The molecule has 4 rings (SSSR count). The number of anilines is 1. The van der Waals surface area contributed by atoms with Gasteiger partial charge < -0.3 is 14.2 Å². The first-order chi connectivity index (χ1) is 13.9. The molecule has 0 spiro atoms. The Bertz CT molecular complexity index is 1000. The number of benzene rings is 2. The van der Waals surface area contributed by atoms with Crippen molar-refractivity contribution in [1.82, 2.24) is 9.88 Å². The highest BCUT2D eigenvalue weighted by Gasteiger charge is 2.33. The van der Waals surface area contributed by atoms with Crippen LogP contribution >= 0.6 is 0 Å². The Morgan fingerprint density at radius 1 is 1.17 bits per heavy atom. The first-order valence-electron chi connectivity index (χ1n) is 10.4. The molecule has 0 bridgehead atoms. The zero-order valence-electron chi connectivity index (χ0n) is 17.7. The molecular weight excluding hydrogens is 362 g/mol. The van der Waals surface area contributed by atoms with Gasteiger partial charge in [-0.15, -0.1) is 0 Å². The maximum absolute atomic E-state index is 12.6. The van der Waals surface area contributed by atoms with Crippen LogP contribution in [0.4, 0.5) is 5.69 Å². The van der Waals surface area contributed by atoms with Crippen LogP contribution in [0.25, 0.3) is 22.2 Å². The van der Waals surface area contributed by atoms with Crippen molar-refractivity contribution in [2.24, 2.45) is 5.92 Å². The SMILES string of the molecule is CC(C)CC(=O)N1CCC[C@@H]1c1nc2cc(-c3ccc(N(C)C)cc3)ccc2o1. The molecular formula is C24H29N3O2. The summed E-state index contributed by atoms with van der Waals surface area (Å²) in [6, 6.07) is 14.6. The van der Waals surface area contributed by atoms with Crippen molar-refractivity contribution in [2.75, 3.05) is 25.5 Å². The summed E-state index contributed by atoms with van der Waals surface area (Å²) < 4.78 is 6.07. The van der Waals surface area contributed by atoms with Gasteiger partial charge in [0.05, 0.1) is 0 Å². The molecule has 5 heteroatoms. The van der Waals surface area contributed by atoms with Gasteiger partial charge >= 0.3 is 0 Å². The lowest BCUT2D eigenvalue weighted by atomic mass is 10.0. The molecule has 1 aliphatic heterocycles. The first kappa shape index (κ1) is 19.5. The molecule has 1 aliphatic rings. The van der Waals surface area contributed by atoms with Crippen LogP contribution in [0.2, 0.25) is 0 Å². The fourth-order valence-electron chi connectivity index (χ4n) is 4.01. The van der Waals surface area contributed by atoms with Gasteiger partial charge in [-0.25, -0.2) is 4.98 Å². The third-order valence-corrected chi connectivity index (χ3v) is 5.56. The largest absolute Gasteiger partial charge is 0.438 e. The second kappa shape index (κ2) is 7.90. The summed E-state index contributed by atoms with van der Waals surface area (Å²) in [5, 5.41) is 0. The van der Waals surface area contributed by atoms with Crippen LogP contribution in [-0.4, -0.2) is 36.4 Å². The Morgan fingerprint density at radius 2 is 1.90 bits per heavy atom. The van der Waals surface area contributed by atoms with Crippen molar-refractivity contribution in [2.45, 2.75) is 39.2 Å². The molecule has 2 heterocycles. The number of nitrogens with zero attached hydrogens (tertiary/aromatic N) is 3. The number of likely N-dealkylation sites (tertiary alicyclic amines) is 1. The van der Waals surface area contributed by atoms with Gasteiger partial charge in [-0.2, -0.15) is 0 Å². The summed E-state index contributed by atoms with van der Waals surface area (Å²) in [5.74, 6) is 1.22. The van der Waals surface area contributed by atoms with Crippen LogP contribution in [0, 0.1) is 5.92 Å². The second-order valence-electron chi connectivity index (χ2n) is 8.52. The number of hydrogen-bond acceptors (Lipinski definition) is 4. The standard InChI is InChI=1S/C24H29N3O2/c1-16(2)14-23(28)27-13-5-6-21(27)24-25-20-15-18(9-12-22(20)29-24)17-7-10-19(11-8-17)26(3)4/h7-12,15-16,21H,5-6,13-14H2,1-4H3/t21-/m1/s1. The van der Waals surface area contributed by atoms with Gasteiger partial charge in [0.1, 0.15) is 11.6 Å². The van der Waals surface area contributed by atoms with E-state index in [4.69, 9.17) is 9.40 Å². The molecule has 0 aliphatic carbocycles. The molecule has 29 heavy (non-hydrogen) atoms. The fourth-order valence-corrected chi connectivity index (χ4v) is 4.01. The Hall–Kier alpha value is -2.82. The lowest BCUT2D eigenvalue weighted by Gasteiger charge is -2.23. The Balaban J connectivity index is 1.60. The Labute approximate surface area is 172 Å². The summed E-state index contributed by atoms with van der Waals surface area (Å²) in [6.07, 6.45) is 2.48. The number of carbonyl (C=O) groups excluding carboxylic acids is 1. The van der Waals surface area contributed by atoms with E-state index >= 15 is 0 Å². The van der Waals surface area contributed by atoms with Crippen LogP contribution in [0.3, 0.4) is 0 Å². The van der Waals surface area contributed by atoms with Crippen LogP contribution in [-0.2, 0) is 4.79 Å². The minimum Gasteiger partial charge on any atom is -0.438 e. The molecule has 2 aromatic carbocycles. The molecule has 1 amide bonds. The van der Waals surface area contributed by atoms with Gasteiger partial charge in [-0.1, -0.05) is 32.0 Å². The average molecular weight is 392 g/mol. The van der Waals surface area contributed by atoms with Crippen molar-refractivity contribution in [3.05, 3.63) is 48.4 Å². The molecule has 0 saturated carbocycles. The maximum Gasteiger partial charge on any atom is 0.223 e. The Morgan fingerprint density at radius 3 is 2.59 bits per heavy atom. The van der Waals surface area contributed by atoms with Crippen molar-refractivity contribution in [3.8, 4) is 11.1 Å². The monoisotopic (exact) mass is 391 g/mol. The minimum atomic E-state index is -0.0449. The zero-order chi connectivity index (χ0) is 20.5. The summed E-state index contributed by atoms with van der Waals surface area (Å²) in [5.41, 5.74) is 5.05. The van der Waals surface area contributed by atoms with Crippen molar-refractivity contribution in [1.29, 1.82) is 0 Å². The summed E-state index contributed by atoms with van der Waals surface area (Å²) in [7, 11) is 4.08. The van der Waals surface area contributed by atoms with E-state index in [0.29, 0.717) is 18.2 Å². The smallest absolute Gasteiger partial charge is 0.223 e. The molecule has 5 nitrogen and oxygen atoms in total. The molecule has 0 N–H and O–H groups in total. The summed E-state index contributed by atoms with van der Waals surface area (Å²) >= 11 is 0. The van der Waals surface area contributed by atoms with Crippen molar-refractivity contribution in [3.63, 3.8) is 0 Å². The number of aromatic nitrogens is 1. The number of amides is 1. The molecule has 152 valence electrons. The first-order valence-corrected chi connectivity index (χ1v) is 10.4. The van der Waals surface area contributed by atoms with E-state index in [-0.39, 0.29) is 11.9 Å². The van der Waals surface area contributed by atoms with Gasteiger partial charge in [0, 0.05) is 32.7 Å². The topological polar surface area (TPSA) is 49.6 Å². The Kier molecular flexibility index (Phi) is 5.31. The summed E-state index contributed by atoms with van der Waals surface area (Å²) in [4.78, 5) is 21.4. The highest BCUT2D eigenvalue weighted by Crippen LogP contribution is 2.35. The average Bonchev–Trinajstić information content (AvgIpc) is 3.33. The van der Waals surface area contributed by atoms with Gasteiger partial charge in [-0.3, -0.25) is 4.79 Å². The molecule has 1 aromatic heterocycles. The lowest BCUT2D eigenvalue weighted by Crippen LogP contribution is -2.31. The number of hydrogen-bond donors (Lipinski definition) is 0. The number of oxazole rings is 1. The lowest BCUT2D eigenvalue weighted by molar-refractivity contribution is -0.133. The number of fused-ring (bicyclic) bond motifs is 1. The molecule has 1 atom stereocenters. The normalized spacial score (nSPS) is 16.7. The highest BCUT2D eigenvalue weighted by molar-refractivity contribution is 5.81. The molecule has 0 radical (unpaired) electrons. The van der Waals surface area contributed by atoms with E-state index in [9.17, 15) is 4.79 Å². The molecule has 0 unspecified atom stereocenters. The van der Waals surface area contributed by atoms with Crippen LogP contribution < -0.4 is 4.90 Å². The van der Waals surface area contributed by atoms with Gasteiger partial charge in [-0.05, 0) is 54.2 Å². The van der Waals surface area contributed by atoms with Crippen LogP contribution in [0.15, 0.2) is 46.9 Å². The van der Waals surface area contributed by atoms with E-state index in [1.165, 1.54) is 5.69 Å². The second-order valence-corrected chi connectivity index (χ2v) is 8.52. The maximum atomic E-state index is 12.6. The van der Waals surface area contributed by atoms with Crippen LogP contribution in [0.1, 0.15) is 45.0 Å². The summed E-state index contributed by atoms with van der Waals surface area (Å²) in [6.45, 7) is 4.95. The van der Waals surface area contributed by atoms with E-state index in [0.717, 1.165) is 41.6 Å². The molecule has 1 saturated heterocycles. The van der Waals surface area contributed by atoms with E-state index in [2.05, 4.69) is 55.1 Å². The third-order valence-electron chi connectivity index (χ3n) is 5.56. The zero-order valence-corrected chi connectivity index (χ0v) is 17.7. The number of carbonyl (C=O) groups is 1. The van der Waals surface area contributed by atoms with Crippen LogP contribution in [0.5, 0.6) is 0 Å². The van der Waals surface area contributed by atoms with Gasteiger partial charge in [0.25, 0.3) is 0 Å². The fraction of sp³-hybridized carbons (Fsp3) is 0.417. The van der Waals surface area contributed by atoms with E-state index in [1.807, 2.05) is 25.1 Å². The molecule has 1 fully saturated rings. The van der Waals surface area contributed by atoms with Crippen molar-refractivity contribution >= 4 is 22.7 Å². The van der Waals surface area contributed by atoms with Gasteiger partial charge in [0.15, 0.2) is 5.58 Å². The van der Waals surface area contributed by atoms with E-state index < -0.39 is 0 Å². The number of rotatable bonds is 5. The minimum absolute atomic E-state index is 0.0449. The third kappa shape index (κ3) is 4.00. The predicted octanol–water partition coefficient (Wildman–Crippen LogP) is 5.27. The van der Waals surface area contributed by atoms with E-state index in [1.54, 1.807) is 0 Å².